The Labute approximate surface area is 301 Å². The molecular formula is C38H38O15. The summed E-state index contributed by atoms with van der Waals surface area (Å²) in [4.78, 5) is 65.0. The highest BCUT2D eigenvalue weighted by molar-refractivity contribution is 6.18. The Bertz CT molecular complexity index is 2220. The summed E-state index contributed by atoms with van der Waals surface area (Å²) in [6, 6.07) is 4.97. The minimum Gasteiger partial charge on any atom is -0.507 e. The number of phenolic OH excluding ortho intramolecular Hbond substituents is 4. The largest absolute Gasteiger partial charge is 0.507 e. The zero-order valence-corrected chi connectivity index (χ0v) is 29.5. The zero-order valence-electron chi connectivity index (χ0n) is 29.5. The van der Waals surface area contributed by atoms with E-state index in [4.69, 9.17) is 14.2 Å². The van der Waals surface area contributed by atoms with Crippen LogP contribution < -0.4 is 0 Å². The second-order valence-corrected chi connectivity index (χ2v) is 15.1. The second-order valence-electron chi connectivity index (χ2n) is 15.1. The summed E-state index contributed by atoms with van der Waals surface area (Å²) in [6.45, 7) is 7.80. The number of ketones is 3. The molecule has 1 aliphatic heterocycles. The molecule has 3 aromatic rings. The molecule has 9 atom stereocenters. The van der Waals surface area contributed by atoms with E-state index in [2.05, 4.69) is 0 Å². The molecule has 0 radical (unpaired) electrons. The van der Waals surface area contributed by atoms with Crippen LogP contribution in [-0.4, -0.2) is 99.6 Å². The molecule has 2 fully saturated rings. The average Bonchev–Trinajstić information content (AvgIpc) is 3.73. The quantitative estimate of drug-likeness (QED) is 0.113. The van der Waals surface area contributed by atoms with Crippen molar-refractivity contribution < 1.29 is 73.9 Å². The molecule has 0 aromatic heterocycles. The number of benzene rings is 3. The van der Waals surface area contributed by atoms with Gasteiger partial charge in [-0.25, -0.2) is 0 Å². The molecule has 1 saturated heterocycles. The first kappa shape index (κ1) is 36.3. The highest BCUT2D eigenvalue weighted by atomic mass is 16.7. The number of phenols is 4. The molecule has 15 heteroatoms. The van der Waals surface area contributed by atoms with Crippen LogP contribution in [0.1, 0.15) is 98.2 Å². The lowest BCUT2D eigenvalue weighted by Gasteiger charge is -2.46. The molecule has 7 rings (SSSR count). The summed E-state index contributed by atoms with van der Waals surface area (Å²) in [5, 5.41) is 80.4. The van der Waals surface area contributed by atoms with Gasteiger partial charge in [0.25, 0.3) is 0 Å². The first-order valence-corrected chi connectivity index (χ1v) is 16.9. The molecule has 1 saturated carbocycles. The van der Waals surface area contributed by atoms with E-state index in [1.165, 1.54) is 52.0 Å². The average molecular weight is 735 g/mol. The molecule has 3 aliphatic carbocycles. The van der Waals surface area contributed by atoms with Gasteiger partial charge >= 0.3 is 11.9 Å². The maximum atomic E-state index is 14.3. The number of aromatic hydroxyl groups is 4. The molecule has 4 aliphatic rings. The van der Waals surface area contributed by atoms with E-state index in [1.807, 2.05) is 0 Å². The number of ether oxygens (including phenoxy) is 3. The molecule has 15 nitrogen and oxygen atoms in total. The number of carbonyl (C=O) groups is 5. The fraction of sp³-hybridized carbons (Fsp3) is 0.447. The van der Waals surface area contributed by atoms with Crippen LogP contribution in [0.5, 0.6) is 23.0 Å². The van der Waals surface area contributed by atoms with Crippen molar-refractivity contribution >= 4 is 40.1 Å². The number of Topliss-reactive ketones (excluding diaryl/α,β-unsaturated/α-hetero) is 3. The molecule has 9 unspecified atom stereocenters. The van der Waals surface area contributed by atoms with E-state index in [0.29, 0.717) is 0 Å². The van der Waals surface area contributed by atoms with Gasteiger partial charge in [0.05, 0.1) is 34.0 Å². The topological polar surface area (TPSA) is 258 Å². The van der Waals surface area contributed by atoms with Crippen LogP contribution in [-0.2, 0) is 28.6 Å². The normalized spacial score (nSPS) is 32.5. The molecule has 7 N–H and O–H groups in total. The highest BCUT2D eigenvalue weighted by Crippen LogP contribution is 2.71. The fourth-order valence-electron chi connectivity index (χ4n) is 9.68. The van der Waals surface area contributed by atoms with Crippen LogP contribution >= 0.6 is 0 Å². The van der Waals surface area contributed by atoms with Crippen LogP contribution in [0.3, 0.4) is 0 Å². The third-order valence-corrected chi connectivity index (χ3v) is 11.5. The van der Waals surface area contributed by atoms with E-state index in [1.54, 1.807) is 0 Å². The SMILES string of the molecule is CC(=O)OC(C)C1c2c(c(O)c3c(O)c(-c4ccc5c(c4O)C(O)C46OC4(C5=O)C(C(C)OC(C)=O)C(C)(O)CC6=O)ccc3c2O)C(=O)CC1(C)O. The second kappa shape index (κ2) is 11.2. The van der Waals surface area contributed by atoms with Gasteiger partial charge in [0.1, 0.15) is 41.3 Å². The summed E-state index contributed by atoms with van der Waals surface area (Å²) in [6.07, 6.45) is -5.31. The van der Waals surface area contributed by atoms with E-state index < -0.39 is 134 Å². The number of carbonyl (C=O) groups excluding carboxylic acids is 5. The number of hydrogen-bond donors (Lipinski definition) is 7. The first-order chi connectivity index (χ1) is 24.6. The van der Waals surface area contributed by atoms with E-state index in [9.17, 15) is 59.7 Å². The van der Waals surface area contributed by atoms with E-state index in [-0.39, 0.29) is 27.6 Å². The van der Waals surface area contributed by atoms with Gasteiger partial charge in [0, 0.05) is 59.9 Å². The molecular weight excluding hydrogens is 696 g/mol. The Hall–Kier alpha value is -5.09. The van der Waals surface area contributed by atoms with Gasteiger partial charge < -0.3 is 50.0 Å². The number of fused-ring (bicyclic) bond motifs is 3. The van der Waals surface area contributed by atoms with Gasteiger partial charge in [-0.1, -0.05) is 6.07 Å². The molecule has 3 aromatic carbocycles. The van der Waals surface area contributed by atoms with Crippen LogP contribution in [0, 0.1) is 5.92 Å². The molecule has 0 bridgehead atoms. The summed E-state index contributed by atoms with van der Waals surface area (Å²) in [7, 11) is 0. The highest BCUT2D eigenvalue weighted by Gasteiger charge is 2.90. The molecule has 53 heavy (non-hydrogen) atoms. The predicted molar refractivity (Wildman–Crippen MR) is 180 cm³/mol. The fourth-order valence-corrected chi connectivity index (χ4v) is 9.68. The number of hydrogen-bond acceptors (Lipinski definition) is 15. The monoisotopic (exact) mass is 734 g/mol. The smallest absolute Gasteiger partial charge is 0.302 e. The van der Waals surface area contributed by atoms with Crippen molar-refractivity contribution in [2.45, 2.75) is 101 Å². The predicted octanol–water partition coefficient (Wildman–Crippen LogP) is 2.73. The van der Waals surface area contributed by atoms with Gasteiger partial charge in [-0.05, 0) is 45.9 Å². The third-order valence-electron chi connectivity index (χ3n) is 11.5. The zero-order chi connectivity index (χ0) is 39.1. The van der Waals surface area contributed by atoms with E-state index >= 15 is 0 Å². The Morgan fingerprint density at radius 2 is 1.32 bits per heavy atom. The molecule has 280 valence electrons. The lowest BCUT2D eigenvalue weighted by Crippen LogP contribution is -2.65. The van der Waals surface area contributed by atoms with Gasteiger partial charge in [-0.15, -0.1) is 0 Å². The summed E-state index contributed by atoms with van der Waals surface area (Å²) in [5.74, 6) is -9.18. The maximum absolute atomic E-state index is 14.3. The van der Waals surface area contributed by atoms with Crippen LogP contribution in [0.25, 0.3) is 21.9 Å². The first-order valence-electron chi connectivity index (χ1n) is 16.9. The standard InChI is InChI=1S/C38H38O15/c1-13(51-15(3)39)27-26-25(21(41)11-35(27,5)49)31(46)23-19(30(26)45)9-7-17(28(23)43)18-8-10-20-24(29(18)44)34(48)37-22(42)12-36(6,50)32(14(2)52-16(4)40)38(37,53-37)33(20)47/h7-10,13-14,27,32,34,43-46,48-50H,11-12H2,1-6H3. The summed E-state index contributed by atoms with van der Waals surface area (Å²) < 4.78 is 16.6. The Morgan fingerprint density at radius 1 is 0.755 bits per heavy atom. The number of esters is 2. The van der Waals surface area contributed by atoms with Crippen molar-refractivity contribution in [2.24, 2.45) is 5.92 Å². The molecule has 0 amide bonds. The van der Waals surface area contributed by atoms with Gasteiger partial charge in [-0.3, -0.25) is 24.0 Å². The van der Waals surface area contributed by atoms with Crippen molar-refractivity contribution in [3.63, 3.8) is 0 Å². The number of rotatable bonds is 5. The Morgan fingerprint density at radius 3 is 1.94 bits per heavy atom. The van der Waals surface area contributed by atoms with Crippen LogP contribution in [0.2, 0.25) is 0 Å². The number of aliphatic hydroxyl groups is 3. The summed E-state index contributed by atoms with van der Waals surface area (Å²) in [5.41, 5.74) is -9.77. The summed E-state index contributed by atoms with van der Waals surface area (Å²) >= 11 is 0. The Kier molecular flexibility index (Phi) is 7.67. The van der Waals surface area contributed by atoms with Crippen LogP contribution in [0.15, 0.2) is 24.3 Å². The van der Waals surface area contributed by atoms with Crippen molar-refractivity contribution in [3.05, 3.63) is 46.5 Å². The lowest BCUT2D eigenvalue weighted by atomic mass is 9.56. The minimum atomic E-state index is -2.25. The third kappa shape index (κ3) is 4.57. The van der Waals surface area contributed by atoms with Crippen molar-refractivity contribution in [2.75, 3.05) is 0 Å². The van der Waals surface area contributed by atoms with Gasteiger partial charge in [0.15, 0.2) is 28.6 Å². The van der Waals surface area contributed by atoms with Crippen molar-refractivity contribution in [1.82, 2.24) is 0 Å². The molecule has 0 spiro atoms. The van der Waals surface area contributed by atoms with Gasteiger partial charge in [0.2, 0.25) is 0 Å². The Balaban J connectivity index is 1.39. The van der Waals surface area contributed by atoms with Crippen LogP contribution in [0.4, 0.5) is 0 Å². The van der Waals surface area contributed by atoms with Gasteiger partial charge in [-0.2, -0.15) is 0 Å². The maximum Gasteiger partial charge on any atom is 0.302 e. The molecule has 1 heterocycles. The van der Waals surface area contributed by atoms with E-state index in [0.717, 1.165) is 13.8 Å². The van der Waals surface area contributed by atoms with Crippen molar-refractivity contribution in [1.29, 1.82) is 0 Å². The number of epoxide rings is 1. The number of aliphatic hydroxyl groups excluding tert-OH is 1. The van der Waals surface area contributed by atoms with Crippen molar-refractivity contribution in [3.8, 4) is 34.1 Å². The lowest BCUT2D eigenvalue weighted by molar-refractivity contribution is -0.162. The minimum absolute atomic E-state index is 0.163.